The Morgan fingerprint density at radius 2 is 2.00 bits per heavy atom. The summed E-state index contributed by atoms with van der Waals surface area (Å²) in [6, 6.07) is 3.98. The van der Waals surface area contributed by atoms with Crippen molar-refractivity contribution in [1.82, 2.24) is 5.32 Å². The highest BCUT2D eigenvalue weighted by Crippen LogP contribution is 2.22. The first-order valence-corrected chi connectivity index (χ1v) is 5.67. The Hall–Kier alpha value is -2.11. The Morgan fingerprint density at radius 3 is 2.44 bits per heavy atom. The molecule has 6 heteroatoms. The summed E-state index contributed by atoms with van der Waals surface area (Å²) in [5, 5.41) is 13.4. The summed E-state index contributed by atoms with van der Waals surface area (Å²) in [6.07, 6.45) is 0. The molecule has 3 N–H and O–H groups in total. The molecule has 0 spiro atoms. The number of benzene rings is 1. The fourth-order valence-corrected chi connectivity index (χ4v) is 1.32. The van der Waals surface area contributed by atoms with Gasteiger partial charge in [-0.1, -0.05) is 13.8 Å². The lowest BCUT2D eigenvalue weighted by atomic mass is 10.1. The number of hydrogen-bond donors (Lipinski definition) is 2. The molecule has 0 saturated carbocycles. The van der Waals surface area contributed by atoms with Gasteiger partial charge >= 0.3 is 0 Å². The molecule has 0 heterocycles. The molecule has 98 valence electrons. The van der Waals surface area contributed by atoms with Gasteiger partial charge in [0.2, 0.25) is 0 Å². The number of carbonyl (C=O) groups excluding carboxylic acids is 1. The predicted molar refractivity (Wildman–Crippen MR) is 69.3 cm³/mol. The molecule has 0 aromatic heterocycles. The third kappa shape index (κ3) is 3.19. The van der Waals surface area contributed by atoms with Crippen LogP contribution in [0.1, 0.15) is 31.1 Å². The second-order valence-electron chi connectivity index (χ2n) is 4.54. The van der Waals surface area contributed by atoms with E-state index < -0.39 is 4.92 Å². The molecule has 1 aromatic carbocycles. The highest BCUT2D eigenvalue weighted by Gasteiger charge is 2.16. The minimum absolute atomic E-state index is 0.00940. The highest BCUT2D eigenvalue weighted by atomic mass is 16.6. The lowest BCUT2D eigenvalue weighted by Gasteiger charge is -2.17. The number of rotatable bonds is 4. The number of amides is 1. The first-order valence-electron chi connectivity index (χ1n) is 5.67. The average Bonchev–Trinajstić information content (AvgIpc) is 2.27. The summed E-state index contributed by atoms with van der Waals surface area (Å²) in [5.41, 5.74) is 5.65. The van der Waals surface area contributed by atoms with Crippen LogP contribution >= 0.6 is 0 Å². The van der Waals surface area contributed by atoms with Gasteiger partial charge in [-0.3, -0.25) is 14.9 Å². The van der Waals surface area contributed by atoms with Gasteiger partial charge in [0.25, 0.3) is 11.6 Å². The Balaban J connectivity index is 2.88. The molecule has 0 bridgehead atoms. The molecule has 6 nitrogen and oxygen atoms in total. The van der Waals surface area contributed by atoms with Gasteiger partial charge in [0.15, 0.2) is 0 Å². The molecule has 1 amide bonds. The van der Waals surface area contributed by atoms with Crippen LogP contribution in [0.25, 0.3) is 0 Å². The van der Waals surface area contributed by atoms with E-state index >= 15 is 0 Å². The monoisotopic (exact) mass is 251 g/mol. The van der Waals surface area contributed by atoms with Crippen LogP contribution in [0.5, 0.6) is 0 Å². The van der Waals surface area contributed by atoms with Crippen LogP contribution in [-0.4, -0.2) is 16.9 Å². The number of nitrogens with two attached hydrogens (primary N) is 1. The molecule has 1 unspecified atom stereocenters. The largest absolute Gasteiger partial charge is 0.393 e. The van der Waals surface area contributed by atoms with Crippen molar-refractivity contribution in [3.05, 3.63) is 33.9 Å². The van der Waals surface area contributed by atoms with E-state index in [0.717, 1.165) is 0 Å². The molecule has 0 saturated heterocycles. The molecule has 0 aliphatic heterocycles. The normalized spacial score (nSPS) is 12.2. The molecule has 1 aromatic rings. The quantitative estimate of drug-likeness (QED) is 0.485. The van der Waals surface area contributed by atoms with Crippen LogP contribution in [-0.2, 0) is 0 Å². The van der Waals surface area contributed by atoms with E-state index in [1.165, 1.54) is 18.2 Å². The predicted octanol–water partition coefficient (Wildman–Crippen LogP) is 1.95. The maximum absolute atomic E-state index is 11.9. The average molecular weight is 251 g/mol. The first kappa shape index (κ1) is 14.0. The van der Waals surface area contributed by atoms with E-state index in [9.17, 15) is 14.9 Å². The van der Waals surface area contributed by atoms with Gasteiger partial charge < -0.3 is 11.1 Å². The summed E-state index contributed by atoms with van der Waals surface area (Å²) in [6.45, 7) is 5.89. The molecule has 0 fully saturated rings. The van der Waals surface area contributed by atoms with Crippen molar-refractivity contribution < 1.29 is 9.72 Å². The maximum atomic E-state index is 11.9. The zero-order valence-corrected chi connectivity index (χ0v) is 10.6. The van der Waals surface area contributed by atoms with Crippen molar-refractivity contribution in [3.8, 4) is 0 Å². The van der Waals surface area contributed by atoms with Crippen molar-refractivity contribution in [1.29, 1.82) is 0 Å². The topological polar surface area (TPSA) is 98.3 Å². The number of hydrogen-bond acceptors (Lipinski definition) is 4. The van der Waals surface area contributed by atoms with Gasteiger partial charge in [-0.15, -0.1) is 0 Å². The Kier molecular flexibility index (Phi) is 4.25. The summed E-state index contributed by atoms with van der Waals surface area (Å²) in [7, 11) is 0. The van der Waals surface area contributed by atoms with Crippen molar-refractivity contribution in [2.45, 2.75) is 26.8 Å². The molecular weight excluding hydrogens is 234 g/mol. The van der Waals surface area contributed by atoms with E-state index in [1.807, 2.05) is 20.8 Å². The van der Waals surface area contributed by atoms with Gasteiger partial charge in [0.05, 0.1) is 4.92 Å². The van der Waals surface area contributed by atoms with E-state index in [2.05, 4.69) is 5.32 Å². The Morgan fingerprint density at radius 1 is 1.39 bits per heavy atom. The number of anilines is 1. The first-order chi connectivity index (χ1) is 8.32. The third-order valence-electron chi connectivity index (χ3n) is 2.85. The van der Waals surface area contributed by atoms with Crippen LogP contribution in [0.2, 0.25) is 0 Å². The summed E-state index contributed by atoms with van der Waals surface area (Å²) >= 11 is 0. The van der Waals surface area contributed by atoms with E-state index in [1.54, 1.807) is 0 Å². The fraction of sp³-hybridized carbons (Fsp3) is 0.417. The smallest absolute Gasteiger partial charge is 0.292 e. The number of nitro groups is 1. The minimum Gasteiger partial charge on any atom is -0.393 e. The number of carbonyl (C=O) groups is 1. The molecule has 1 atom stereocenters. The van der Waals surface area contributed by atoms with Crippen molar-refractivity contribution >= 4 is 17.3 Å². The number of nitrogen functional groups attached to an aromatic ring is 1. The van der Waals surface area contributed by atoms with Gasteiger partial charge in [-0.05, 0) is 25.0 Å². The molecule has 0 radical (unpaired) electrons. The van der Waals surface area contributed by atoms with Crippen LogP contribution in [0, 0.1) is 16.0 Å². The minimum atomic E-state index is -0.576. The summed E-state index contributed by atoms with van der Waals surface area (Å²) < 4.78 is 0. The Labute approximate surface area is 105 Å². The van der Waals surface area contributed by atoms with Crippen LogP contribution in [0.3, 0.4) is 0 Å². The van der Waals surface area contributed by atoms with Crippen molar-refractivity contribution in [3.63, 3.8) is 0 Å². The van der Waals surface area contributed by atoms with E-state index in [4.69, 9.17) is 5.73 Å². The van der Waals surface area contributed by atoms with Crippen LogP contribution in [0.15, 0.2) is 18.2 Å². The van der Waals surface area contributed by atoms with E-state index in [0.29, 0.717) is 11.5 Å². The molecule has 0 aliphatic carbocycles. The van der Waals surface area contributed by atoms with E-state index in [-0.39, 0.29) is 23.3 Å². The molecule has 18 heavy (non-hydrogen) atoms. The molecular formula is C12H17N3O3. The number of nitrogens with one attached hydrogen (secondary N) is 1. The number of nitro benzene ring substituents is 1. The number of nitrogens with zero attached hydrogens (tertiary/aromatic N) is 1. The lowest BCUT2D eigenvalue weighted by molar-refractivity contribution is -0.383. The maximum Gasteiger partial charge on any atom is 0.292 e. The van der Waals surface area contributed by atoms with Gasteiger partial charge in [0, 0.05) is 17.7 Å². The van der Waals surface area contributed by atoms with Crippen molar-refractivity contribution in [2.24, 2.45) is 5.92 Å². The lowest BCUT2D eigenvalue weighted by Crippen LogP contribution is -2.36. The van der Waals surface area contributed by atoms with Gasteiger partial charge in [-0.25, -0.2) is 0 Å². The Bertz CT molecular complexity index is 472. The SMILES string of the molecule is CC(C)C(C)NC(=O)c1ccc([N+](=O)[O-])c(N)c1. The molecule has 0 aliphatic rings. The standard InChI is InChI=1S/C12H17N3O3/c1-7(2)8(3)14-12(16)9-4-5-11(15(17)18)10(13)6-9/h4-8H,13H2,1-3H3,(H,14,16). The summed E-state index contributed by atoms with van der Waals surface area (Å²) in [4.78, 5) is 21.9. The van der Waals surface area contributed by atoms with Gasteiger partial charge in [0.1, 0.15) is 5.69 Å². The van der Waals surface area contributed by atoms with Crippen LogP contribution in [0.4, 0.5) is 11.4 Å². The second kappa shape index (κ2) is 5.48. The van der Waals surface area contributed by atoms with Gasteiger partial charge in [-0.2, -0.15) is 0 Å². The van der Waals surface area contributed by atoms with Crippen LogP contribution < -0.4 is 11.1 Å². The third-order valence-corrected chi connectivity index (χ3v) is 2.85. The zero-order chi connectivity index (χ0) is 13.9. The zero-order valence-electron chi connectivity index (χ0n) is 10.6. The second-order valence-corrected chi connectivity index (χ2v) is 4.54. The molecule has 1 rings (SSSR count). The fourth-order valence-electron chi connectivity index (χ4n) is 1.32. The highest BCUT2D eigenvalue weighted by molar-refractivity contribution is 5.95. The van der Waals surface area contributed by atoms with Crippen molar-refractivity contribution in [2.75, 3.05) is 5.73 Å². The summed E-state index contributed by atoms with van der Waals surface area (Å²) in [5.74, 6) is 0.0298.